The molecule has 4 N–H and O–H groups in total. The largest absolute Gasteiger partial charge is 0.366 e. The topological polar surface area (TPSA) is 79.5 Å². The van der Waals surface area contributed by atoms with Gasteiger partial charge >= 0.3 is 0 Å². The highest BCUT2D eigenvalue weighted by Crippen LogP contribution is 2.19. The standard InChI is InChI=1S/C29H28N4O/c30-28(34)27-17-13-24(14-18-27)21-33-29(31-19-22-7-3-1-4-8-22)32-20-23-11-15-26(16-12-23)25-9-5-2-6-10-25/h1-18H,19-21H2,(H2,30,34)(H2,31,32,33). The Morgan fingerprint density at radius 1 is 0.618 bits per heavy atom. The number of aliphatic imine (C=N–C) groups is 1. The number of guanidine groups is 1. The maximum absolute atomic E-state index is 11.3. The molecule has 5 heteroatoms. The molecule has 5 nitrogen and oxygen atoms in total. The van der Waals surface area contributed by atoms with E-state index in [1.54, 1.807) is 12.1 Å². The molecular formula is C29H28N4O. The van der Waals surface area contributed by atoms with E-state index in [0.717, 1.165) is 17.1 Å². The van der Waals surface area contributed by atoms with Crippen molar-refractivity contribution in [3.05, 3.63) is 131 Å². The van der Waals surface area contributed by atoms with Crippen LogP contribution in [0, 0.1) is 0 Å². The van der Waals surface area contributed by atoms with Gasteiger partial charge in [-0.15, -0.1) is 0 Å². The van der Waals surface area contributed by atoms with Gasteiger partial charge in [-0.1, -0.05) is 97.1 Å². The Labute approximate surface area is 200 Å². The van der Waals surface area contributed by atoms with E-state index in [-0.39, 0.29) is 0 Å². The van der Waals surface area contributed by atoms with Crippen molar-refractivity contribution < 1.29 is 4.79 Å². The van der Waals surface area contributed by atoms with E-state index >= 15 is 0 Å². The average Bonchev–Trinajstić information content (AvgIpc) is 2.90. The molecule has 0 unspecified atom stereocenters. The highest BCUT2D eigenvalue weighted by molar-refractivity contribution is 5.92. The maximum Gasteiger partial charge on any atom is 0.248 e. The van der Waals surface area contributed by atoms with Crippen LogP contribution in [0.3, 0.4) is 0 Å². The summed E-state index contributed by atoms with van der Waals surface area (Å²) in [6, 6.07) is 36.3. The van der Waals surface area contributed by atoms with E-state index in [0.29, 0.717) is 25.2 Å². The Morgan fingerprint density at radius 2 is 1.12 bits per heavy atom. The molecule has 0 aliphatic carbocycles. The summed E-state index contributed by atoms with van der Waals surface area (Å²) < 4.78 is 0. The van der Waals surface area contributed by atoms with Gasteiger partial charge in [-0.2, -0.15) is 0 Å². The van der Waals surface area contributed by atoms with E-state index < -0.39 is 5.91 Å². The number of hydrogen-bond donors (Lipinski definition) is 3. The zero-order valence-corrected chi connectivity index (χ0v) is 18.9. The molecule has 4 aromatic rings. The van der Waals surface area contributed by atoms with Gasteiger partial charge in [-0.3, -0.25) is 4.79 Å². The summed E-state index contributed by atoms with van der Waals surface area (Å²) in [6.45, 7) is 1.80. The van der Waals surface area contributed by atoms with Crippen LogP contribution < -0.4 is 16.4 Å². The number of primary amides is 1. The highest BCUT2D eigenvalue weighted by Gasteiger charge is 2.04. The number of carbonyl (C=O) groups excluding carboxylic acids is 1. The zero-order chi connectivity index (χ0) is 23.6. The minimum Gasteiger partial charge on any atom is -0.366 e. The minimum atomic E-state index is -0.426. The fourth-order valence-corrected chi connectivity index (χ4v) is 3.53. The lowest BCUT2D eigenvalue weighted by molar-refractivity contribution is 0.100. The first-order chi connectivity index (χ1) is 16.7. The second-order valence-corrected chi connectivity index (χ2v) is 7.98. The van der Waals surface area contributed by atoms with Crippen LogP contribution in [-0.2, 0) is 19.6 Å². The predicted octanol–water partition coefficient (Wildman–Crippen LogP) is 4.89. The van der Waals surface area contributed by atoms with Crippen LogP contribution in [0.5, 0.6) is 0 Å². The molecule has 0 spiro atoms. The first-order valence-corrected chi connectivity index (χ1v) is 11.3. The number of nitrogens with two attached hydrogens (primary N) is 1. The molecule has 34 heavy (non-hydrogen) atoms. The number of nitrogens with one attached hydrogen (secondary N) is 2. The van der Waals surface area contributed by atoms with Gasteiger partial charge in [0.1, 0.15) is 0 Å². The van der Waals surface area contributed by atoms with Crippen molar-refractivity contribution in [3.63, 3.8) is 0 Å². The molecule has 0 atom stereocenters. The number of carbonyl (C=O) groups is 1. The zero-order valence-electron chi connectivity index (χ0n) is 18.9. The Kier molecular flexibility index (Phi) is 7.70. The van der Waals surface area contributed by atoms with Gasteiger partial charge in [0.2, 0.25) is 5.91 Å². The SMILES string of the molecule is NC(=O)c1ccc(CNC(=NCc2ccccc2)NCc2ccc(-c3ccccc3)cc2)cc1. The van der Waals surface area contributed by atoms with Crippen molar-refractivity contribution >= 4 is 11.9 Å². The number of benzene rings is 4. The Balaban J connectivity index is 1.41. The van der Waals surface area contributed by atoms with Crippen LogP contribution in [0.2, 0.25) is 0 Å². The monoisotopic (exact) mass is 448 g/mol. The summed E-state index contributed by atoms with van der Waals surface area (Å²) in [5, 5.41) is 6.82. The minimum absolute atomic E-state index is 0.426. The second-order valence-electron chi connectivity index (χ2n) is 7.98. The molecule has 0 fully saturated rings. The van der Waals surface area contributed by atoms with Crippen molar-refractivity contribution in [1.82, 2.24) is 10.6 Å². The van der Waals surface area contributed by atoms with Gasteiger partial charge < -0.3 is 16.4 Å². The van der Waals surface area contributed by atoms with Crippen molar-refractivity contribution in [2.24, 2.45) is 10.7 Å². The van der Waals surface area contributed by atoms with Crippen LogP contribution >= 0.6 is 0 Å². The molecule has 0 bridgehead atoms. The van der Waals surface area contributed by atoms with E-state index in [4.69, 9.17) is 10.7 Å². The number of hydrogen-bond acceptors (Lipinski definition) is 2. The van der Waals surface area contributed by atoms with Gasteiger partial charge in [0.05, 0.1) is 6.54 Å². The van der Waals surface area contributed by atoms with Crippen molar-refractivity contribution in [1.29, 1.82) is 0 Å². The smallest absolute Gasteiger partial charge is 0.248 e. The Morgan fingerprint density at radius 3 is 1.68 bits per heavy atom. The van der Waals surface area contributed by atoms with E-state index in [1.807, 2.05) is 48.5 Å². The van der Waals surface area contributed by atoms with Crippen LogP contribution in [-0.4, -0.2) is 11.9 Å². The molecule has 0 aliphatic heterocycles. The van der Waals surface area contributed by atoms with E-state index in [1.165, 1.54) is 16.7 Å². The fraction of sp³-hybridized carbons (Fsp3) is 0.103. The lowest BCUT2D eigenvalue weighted by Crippen LogP contribution is -2.36. The summed E-state index contributed by atoms with van der Waals surface area (Å²) in [4.78, 5) is 16.1. The third kappa shape index (κ3) is 6.56. The first kappa shape index (κ1) is 22.8. The lowest BCUT2D eigenvalue weighted by atomic mass is 10.0. The van der Waals surface area contributed by atoms with Crippen molar-refractivity contribution in [2.45, 2.75) is 19.6 Å². The fourth-order valence-electron chi connectivity index (χ4n) is 3.53. The lowest BCUT2D eigenvalue weighted by Gasteiger charge is -2.14. The average molecular weight is 449 g/mol. The summed E-state index contributed by atoms with van der Waals surface area (Å²) in [5.74, 6) is 0.291. The number of nitrogens with zero attached hydrogens (tertiary/aromatic N) is 1. The van der Waals surface area contributed by atoms with Gasteiger partial charge in [0, 0.05) is 18.7 Å². The quantitative estimate of drug-likeness (QED) is 0.265. The molecular weight excluding hydrogens is 420 g/mol. The molecule has 0 saturated carbocycles. The van der Waals surface area contributed by atoms with E-state index in [2.05, 4.69) is 59.2 Å². The van der Waals surface area contributed by atoms with Crippen LogP contribution in [0.15, 0.2) is 114 Å². The van der Waals surface area contributed by atoms with Gasteiger partial charge in [-0.25, -0.2) is 4.99 Å². The maximum atomic E-state index is 11.3. The normalized spacial score (nSPS) is 11.1. The second kappa shape index (κ2) is 11.5. The van der Waals surface area contributed by atoms with Crippen molar-refractivity contribution in [2.75, 3.05) is 0 Å². The van der Waals surface area contributed by atoms with Crippen LogP contribution in [0.1, 0.15) is 27.0 Å². The Bertz CT molecular complexity index is 1220. The summed E-state index contributed by atoms with van der Waals surface area (Å²) in [5.41, 5.74) is 11.6. The Hall–Kier alpha value is -4.38. The molecule has 4 aromatic carbocycles. The summed E-state index contributed by atoms with van der Waals surface area (Å²) >= 11 is 0. The predicted molar refractivity (Wildman–Crippen MR) is 138 cm³/mol. The number of rotatable bonds is 8. The van der Waals surface area contributed by atoms with Crippen molar-refractivity contribution in [3.8, 4) is 11.1 Å². The molecule has 0 aromatic heterocycles. The molecule has 1 amide bonds. The highest BCUT2D eigenvalue weighted by atomic mass is 16.1. The third-order valence-electron chi connectivity index (χ3n) is 5.48. The van der Waals surface area contributed by atoms with Crippen LogP contribution in [0.25, 0.3) is 11.1 Å². The number of amides is 1. The first-order valence-electron chi connectivity index (χ1n) is 11.3. The third-order valence-corrected chi connectivity index (χ3v) is 5.48. The molecule has 0 heterocycles. The van der Waals surface area contributed by atoms with Gasteiger partial charge in [0.25, 0.3) is 0 Å². The molecule has 0 saturated heterocycles. The molecule has 0 radical (unpaired) electrons. The van der Waals surface area contributed by atoms with E-state index in [9.17, 15) is 4.79 Å². The summed E-state index contributed by atoms with van der Waals surface area (Å²) in [6.07, 6.45) is 0. The summed E-state index contributed by atoms with van der Waals surface area (Å²) in [7, 11) is 0. The molecule has 4 rings (SSSR count). The molecule has 170 valence electrons. The molecule has 0 aliphatic rings. The van der Waals surface area contributed by atoms with Gasteiger partial charge in [-0.05, 0) is 39.9 Å². The van der Waals surface area contributed by atoms with Gasteiger partial charge in [0.15, 0.2) is 5.96 Å². The van der Waals surface area contributed by atoms with Crippen LogP contribution in [0.4, 0.5) is 0 Å².